The zero-order valence-corrected chi connectivity index (χ0v) is 16.6. The Morgan fingerprint density at radius 3 is 2.36 bits per heavy atom. The second-order valence-electron chi connectivity index (χ2n) is 6.89. The van der Waals surface area contributed by atoms with Crippen LogP contribution in [-0.4, -0.2) is 44.9 Å². The highest BCUT2D eigenvalue weighted by atomic mass is 32.2. The number of nitrogens with one attached hydrogen (secondary N) is 1. The zero-order valence-electron chi connectivity index (χ0n) is 15.8. The Morgan fingerprint density at radius 2 is 1.75 bits per heavy atom. The van der Waals surface area contributed by atoms with Gasteiger partial charge in [-0.25, -0.2) is 12.8 Å². The van der Waals surface area contributed by atoms with E-state index in [0.717, 1.165) is 17.7 Å². The first-order valence-electron chi connectivity index (χ1n) is 9.08. The molecule has 28 heavy (non-hydrogen) atoms. The molecule has 1 aliphatic heterocycles. The summed E-state index contributed by atoms with van der Waals surface area (Å²) in [5, 5.41) is 2.64. The summed E-state index contributed by atoms with van der Waals surface area (Å²) in [7, 11) is -4.00. The summed E-state index contributed by atoms with van der Waals surface area (Å²) in [5.74, 6) is -0.899. The number of rotatable bonds is 5. The molecule has 1 saturated heterocycles. The Labute approximate surface area is 164 Å². The van der Waals surface area contributed by atoms with Gasteiger partial charge in [0.2, 0.25) is 10.0 Å². The van der Waals surface area contributed by atoms with E-state index in [0.29, 0.717) is 11.5 Å². The summed E-state index contributed by atoms with van der Waals surface area (Å²) in [4.78, 5) is 12.0. The number of carbonyl (C=O) groups is 1. The third kappa shape index (κ3) is 4.40. The molecular formula is C20H23FN2O4S. The van der Waals surface area contributed by atoms with E-state index in [1.54, 1.807) is 12.1 Å². The molecule has 1 heterocycles. The first kappa shape index (κ1) is 20.4. The number of benzene rings is 2. The van der Waals surface area contributed by atoms with Crippen molar-refractivity contribution < 1.29 is 22.3 Å². The highest BCUT2D eigenvalue weighted by Crippen LogP contribution is 2.24. The highest BCUT2D eigenvalue weighted by molar-refractivity contribution is 7.89. The maximum absolute atomic E-state index is 14.3. The van der Waals surface area contributed by atoms with Gasteiger partial charge in [0, 0.05) is 24.3 Å². The molecule has 1 fully saturated rings. The largest absolute Gasteiger partial charge is 0.379 e. The van der Waals surface area contributed by atoms with Crippen LogP contribution in [-0.2, 0) is 14.8 Å². The summed E-state index contributed by atoms with van der Waals surface area (Å²) < 4.78 is 46.1. The monoisotopic (exact) mass is 406 g/mol. The quantitative estimate of drug-likeness (QED) is 0.827. The Bertz CT molecular complexity index is 953. The fourth-order valence-corrected chi connectivity index (χ4v) is 4.43. The normalized spacial score (nSPS) is 15.6. The molecule has 150 valence electrons. The predicted molar refractivity (Wildman–Crippen MR) is 104 cm³/mol. The molecule has 0 atom stereocenters. The number of ether oxygens (including phenoxy) is 1. The van der Waals surface area contributed by atoms with Crippen molar-refractivity contribution in [1.29, 1.82) is 0 Å². The van der Waals surface area contributed by atoms with Crippen molar-refractivity contribution in [2.24, 2.45) is 0 Å². The summed E-state index contributed by atoms with van der Waals surface area (Å²) in [6.07, 6.45) is 0. The van der Waals surface area contributed by atoms with Gasteiger partial charge in [0.15, 0.2) is 0 Å². The number of carbonyl (C=O) groups excluding carboxylic acids is 1. The van der Waals surface area contributed by atoms with E-state index in [4.69, 9.17) is 4.74 Å². The van der Waals surface area contributed by atoms with E-state index in [1.807, 2.05) is 12.1 Å². The first-order valence-corrected chi connectivity index (χ1v) is 10.5. The average molecular weight is 406 g/mol. The molecule has 1 amide bonds. The van der Waals surface area contributed by atoms with E-state index >= 15 is 0 Å². The molecule has 0 unspecified atom stereocenters. The lowest BCUT2D eigenvalue weighted by atomic mass is 10.0. The number of hydrogen-bond donors (Lipinski definition) is 1. The minimum absolute atomic E-state index is 0.167. The van der Waals surface area contributed by atoms with Gasteiger partial charge < -0.3 is 10.1 Å². The topological polar surface area (TPSA) is 75.7 Å². The van der Waals surface area contributed by atoms with Crippen LogP contribution in [0.2, 0.25) is 0 Å². The van der Waals surface area contributed by atoms with E-state index in [9.17, 15) is 17.6 Å². The van der Waals surface area contributed by atoms with Gasteiger partial charge in [0.05, 0.1) is 13.2 Å². The number of sulfonamides is 1. The molecule has 2 aromatic carbocycles. The van der Waals surface area contributed by atoms with Gasteiger partial charge in [0.25, 0.3) is 5.91 Å². The number of halogens is 1. The van der Waals surface area contributed by atoms with Crippen LogP contribution in [0.1, 0.15) is 35.7 Å². The van der Waals surface area contributed by atoms with Crippen LogP contribution < -0.4 is 5.32 Å². The van der Waals surface area contributed by atoms with Gasteiger partial charge in [0.1, 0.15) is 10.7 Å². The summed E-state index contributed by atoms with van der Waals surface area (Å²) >= 11 is 0. The van der Waals surface area contributed by atoms with E-state index in [-0.39, 0.29) is 32.0 Å². The first-order chi connectivity index (χ1) is 13.3. The van der Waals surface area contributed by atoms with Crippen molar-refractivity contribution in [3.05, 3.63) is 59.4 Å². The lowest BCUT2D eigenvalue weighted by Crippen LogP contribution is -2.40. The molecule has 8 heteroatoms. The molecule has 0 saturated carbocycles. The Hall–Kier alpha value is -2.29. The van der Waals surface area contributed by atoms with Crippen molar-refractivity contribution in [2.45, 2.75) is 24.7 Å². The molecule has 0 spiro atoms. The Balaban J connectivity index is 1.82. The number of morpholine rings is 1. The van der Waals surface area contributed by atoms with Gasteiger partial charge in [-0.05, 0) is 41.8 Å². The number of amides is 1. The standard InChI is InChI=1S/C20H23FN2O4S/c1-14(2)15-3-5-16(6-4-15)20(24)22-17-7-8-18(21)19(13-17)28(25,26)23-9-11-27-12-10-23/h3-8,13-14H,9-12H2,1-2H3,(H,22,24). The van der Waals surface area contributed by atoms with Crippen LogP contribution >= 0.6 is 0 Å². The fourth-order valence-electron chi connectivity index (χ4n) is 2.93. The molecule has 2 aromatic rings. The van der Waals surface area contributed by atoms with Gasteiger partial charge in [-0.1, -0.05) is 26.0 Å². The van der Waals surface area contributed by atoms with E-state index < -0.39 is 26.6 Å². The lowest BCUT2D eigenvalue weighted by molar-refractivity contribution is 0.0729. The molecule has 0 bridgehead atoms. The molecule has 0 radical (unpaired) electrons. The third-order valence-corrected chi connectivity index (χ3v) is 6.53. The van der Waals surface area contributed by atoms with Crippen molar-refractivity contribution in [3.63, 3.8) is 0 Å². The third-order valence-electron chi connectivity index (χ3n) is 4.62. The fraction of sp³-hybridized carbons (Fsp3) is 0.350. The maximum atomic E-state index is 14.3. The average Bonchev–Trinajstić information content (AvgIpc) is 2.70. The molecule has 6 nitrogen and oxygen atoms in total. The van der Waals surface area contributed by atoms with Gasteiger partial charge in [-0.3, -0.25) is 4.79 Å². The molecular weight excluding hydrogens is 383 g/mol. The molecule has 1 aliphatic rings. The lowest BCUT2D eigenvalue weighted by Gasteiger charge is -2.26. The van der Waals surface area contributed by atoms with Crippen LogP contribution in [0.15, 0.2) is 47.4 Å². The van der Waals surface area contributed by atoms with Crippen LogP contribution in [0, 0.1) is 5.82 Å². The zero-order chi connectivity index (χ0) is 20.3. The molecule has 0 aliphatic carbocycles. The maximum Gasteiger partial charge on any atom is 0.255 e. The molecule has 1 N–H and O–H groups in total. The number of nitrogens with zero attached hydrogens (tertiary/aromatic N) is 1. The van der Waals surface area contributed by atoms with Crippen LogP contribution in [0.3, 0.4) is 0 Å². The van der Waals surface area contributed by atoms with E-state index in [1.165, 1.54) is 10.4 Å². The van der Waals surface area contributed by atoms with Gasteiger partial charge in [-0.2, -0.15) is 4.31 Å². The van der Waals surface area contributed by atoms with Crippen LogP contribution in [0.25, 0.3) is 0 Å². The highest BCUT2D eigenvalue weighted by Gasteiger charge is 2.29. The second kappa shape index (κ2) is 8.38. The summed E-state index contributed by atoms with van der Waals surface area (Å²) in [6.45, 7) is 4.99. The number of anilines is 1. The molecule has 3 rings (SSSR count). The van der Waals surface area contributed by atoms with Crippen molar-refractivity contribution in [2.75, 3.05) is 31.6 Å². The minimum Gasteiger partial charge on any atom is -0.379 e. The smallest absolute Gasteiger partial charge is 0.255 e. The minimum atomic E-state index is -4.00. The van der Waals surface area contributed by atoms with Crippen LogP contribution in [0.5, 0.6) is 0 Å². The van der Waals surface area contributed by atoms with Crippen LogP contribution in [0.4, 0.5) is 10.1 Å². The Kier molecular flexibility index (Phi) is 6.12. The van der Waals surface area contributed by atoms with Crippen molar-refractivity contribution in [3.8, 4) is 0 Å². The molecule has 0 aromatic heterocycles. The van der Waals surface area contributed by atoms with Crippen molar-refractivity contribution >= 4 is 21.6 Å². The summed E-state index contributed by atoms with van der Waals surface area (Å²) in [6, 6.07) is 10.7. The Morgan fingerprint density at radius 1 is 1.11 bits per heavy atom. The SMILES string of the molecule is CC(C)c1ccc(C(=O)Nc2ccc(F)c(S(=O)(=O)N3CCOCC3)c2)cc1. The van der Waals surface area contributed by atoms with E-state index in [2.05, 4.69) is 19.2 Å². The van der Waals surface area contributed by atoms with Gasteiger partial charge in [-0.15, -0.1) is 0 Å². The van der Waals surface area contributed by atoms with Gasteiger partial charge >= 0.3 is 0 Å². The number of hydrogen-bond acceptors (Lipinski definition) is 4. The summed E-state index contributed by atoms with van der Waals surface area (Å²) in [5.41, 5.74) is 1.76. The second-order valence-corrected chi connectivity index (χ2v) is 8.80. The predicted octanol–water partition coefficient (Wildman–Crippen LogP) is 3.22. The van der Waals surface area contributed by atoms with Crippen molar-refractivity contribution in [1.82, 2.24) is 4.31 Å².